The van der Waals surface area contributed by atoms with Gasteiger partial charge in [-0.1, -0.05) is 28.5 Å². The second-order valence-corrected chi connectivity index (χ2v) is 2.89. The second kappa shape index (κ2) is 7.45. The number of nitrogens with one attached hydrogen (secondary N) is 1. The number of hydrogen-bond acceptors (Lipinski definition) is 1. The first-order chi connectivity index (χ1) is 5.76. The molecule has 0 fully saturated rings. The molecule has 0 heterocycles. The fourth-order valence-corrected chi connectivity index (χ4v) is 1.10. The molecular weight excluding hydrogens is 172 g/mol. The van der Waals surface area contributed by atoms with E-state index in [0.717, 1.165) is 25.0 Å². The molecule has 0 aliphatic rings. The van der Waals surface area contributed by atoms with Gasteiger partial charge in [-0.15, -0.1) is 0 Å². The summed E-state index contributed by atoms with van der Waals surface area (Å²) in [5.41, 5.74) is 0.801. The van der Waals surface area contributed by atoms with E-state index < -0.39 is 0 Å². The lowest BCUT2D eigenvalue weighted by Gasteiger charge is -2.03. The lowest BCUT2D eigenvalue weighted by molar-refractivity contribution is 0.633. The zero-order valence-electron chi connectivity index (χ0n) is 7.73. The van der Waals surface area contributed by atoms with Crippen molar-refractivity contribution in [1.29, 1.82) is 0 Å². The van der Waals surface area contributed by atoms with Gasteiger partial charge in [0.2, 0.25) is 0 Å². The first-order valence-electron chi connectivity index (χ1n) is 4.20. The minimum absolute atomic E-state index is 0.0999. The topological polar surface area (TPSA) is 12.0 Å². The third-order valence-corrected chi connectivity index (χ3v) is 1.84. The third kappa shape index (κ3) is 4.63. The first-order valence-corrected chi connectivity index (χ1v) is 4.78. The van der Waals surface area contributed by atoms with Crippen LogP contribution in [0.4, 0.5) is 4.39 Å². The van der Waals surface area contributed by atoms with Gasteiger partial charge >= 0.3 is 0 Å². The van der Waals surface area contributed by atoms with Gasteiger partial charge in [-0.2, -0.15) is 0 Å². The van der Waals surface area contributed by atoms with Gasteiger partial charge in [0.05, 0.1) is 0 Å². The van der Waals surface area contributed by atoms with Crippen LogP contribution < -0.4 is 5.09 Å². The van der Waals surface area contributed by atoms with Crippen molar-refractivity contribution in [3.05, 3.63) is 23.6 Å². The molecule has 0 amide bonds. The molecule has 1 N–H and O–H groups in total. The fourth-order valence-electron chi connectivity index (χ4n) is 0.958. The Kier molecular flexibility index (Phi) is 7.33. The van der Waals surface area contributed by atoms with Gasteiger partial charge in [-0.05, 0) is 25.3 Å². The minimum atomic E-state index is -0.0999. The molecule has 70 valence electrons. The quantitative estimate of drug-likeness (QED) is 0.518. The average molecular weight is 189 g/mol. The molecule has 0 aliphatic carbocycles. The second-order valence-electron chi connectivity index (χ2n) is 2.48. The highest BCUT2D eigenvalue weighted by Crippen LogP contribution is 2.15. The van der Waals surface area contributed by atoms with E-state index in [0.29, 0.717) is 0 Å². The lowest BCUT2D eigenvalue weighted by atomic mass is 10.1. The van der Waals surface area contributed by atoms with E-state index in [9.17, 15) is 4.39 Å². The zero-order chi connectivity index (χ0) is 9.40. The van der Waals surface area contributed by atoms with Crippen LogP contribution in [-0.2, 0) is 0 Å². The summed E-state index contributed by atoms with van der Waals surface area (Å²) in [7, 11) is 2.41. The van der Waals surface area contributed by atoms with Crippen LogP contribution >= 0.6 is 9.39 Å². The van der Waals surface area contributed by atoms with Crippen LogP contribution in [0.1, 0.15) is 26.7 Å². The molecule has 1 nitrogen and oxygen atoms in total. The Morgan fingerprint density at radius 1 is 1.58 bits per heavy atom. The van der Waals surface area contributed by atoms with Gasteiger partial charge < -0.3 is 5.09 Å². The summed E-state index contributed by atoms with van der Waals surface area (Å²) < 4.78 is 13.1. The van der Waals surface area contributed by atoms with Gasteiger partial charge in [0.15, 0.2) is 0 Å². The van der Waals surface area contributed by atoms with Crippen molar-refractivity contribution in [2.24, 2.45) is 0 Å². The van der Waals surface area contributed by atoms with Crippen molar-refractivity contribution >= 4 is 9.39 Å². The maximum Gasteiger partial charge on any atom is 0.121 e. The summed E-state index contributed by atoms with van der Waals surface area (Å²) in [4.78, 5) is 0. The zero-order valence-corrected chi connectivity index (χ0v) is 8.89. The number of rotatable bonds is 5. The van der Waals surface area contributed by atoms with E-state index in [1.54, 1.807) is 6.92 Å². The molecule has 0 aromatic rings. The summed E-state index contributed by atoms with van der Waals surface area (Å²) >= 11 is 0. The molecule has 0 saturated heterocycles. The van der Waals surface area contributed by atoms with Crippen molar-refractivity contribution in [3.63, 3.8) is 0 Å². The maximum atomic E-state index is 13.1. The molecule has 0 radical (unpaired) electrons. The SMILES string of the molecule is C/C=C(F)\C(=C/CC)CCNP. The Bertz CT molecular complexity index is 175. The summed E-state index contributed by atoms with van der Waals surface area (Å²) in [5, 5.41) is 2.92. The summed E-state index contributed by atoms with van der Waals surface area (Å²) in [6, 6.07) is 0. The Hall–Kier alpha value is -0.200. The van der Waals surface area contributed by atoms with Gasteiger partial charge in [0.25, 0.3) is 0 Å². The largest absolute Gasteiger partial charge is 0.300 e. The molecule has 0 saturated carbocycles. The lowest BCUT2D eigenvalue weighted by Crippen LogP contribution is -2.01. The Morgan fingerprint density at radius 2 is 2.25 bits per heavy atom. The Labute approximate surface area is 76.4 Å². The first kappa shape index (κ1) is 11.8. The van der Waals surface area contributed by atoms with Crippen LogP contribution in [0.3, 0.4) is 0 Å². The van der Waals surface area contributed by atoms with E-state index in [1.165, 1.54) is 6.08 Å². The Morgan fingerprint density at radius 3 is 2.67 bits per heavy atom. The van der Waals surface area contributed by atoms with Crippen LogP contribution in [0, 0.1) is 0 Å². The van der Waals surface area contributed by atoms with Crippen molar-refractivity contribution < 1.29 is 4.39 Å². The molecular formula is C9H17FNP. The molecule has 0 aliphatic heterocycles. The molecule has 0 aromatic heterocycles. The monoisotopic (exact) mass is 189 g/mol. The summed E-state index contributed by atoms with van der Waals surface area (Å²) in [6.45, 7) is 4.52. The van der Waals surface area contributed by atoms with Crippen LogP contribution in [0.5, 0.6) is 0 Å². The minimum Gasteiger partial charge on any atom is -0.300 e. The normalized spacial score (nSPS) is 13.7. The van der Waals surface area contributed by atoms with Crippen molar-refractivity contribution in [2.45, 2.75) is 26.7 Å². The fraction of sp³-hybridized carbons (Fsp3) is 0.556. The highest BCUT2D eigenvalue weighted by molar-refractivity contribution is 7.13. The van der Waals surface area contributed by atoms with Gasteiger partial charge in [0, 0.05) is 6.54 Å². The molecule has 1 atom stereocenters. The molecule has 1 unspecified atom stereocenters. The van der Waals surface area contributed by atoms with Gasteiger partial charge in [0.1, 0.15) is 5.83 Å². The summed E-state index contributed by atoms with van der Waals surface area (Å²) in [5.74, 6) is -0.0999. The van der Waals surface area contributed by atoms with Crippen molar-refractivity contribution in [3.8, 4) is 0 Å². The highest BCUT2D eigenvalue weighted by atomic mass is 31.0. The molecule has 12 heavy (non-hydrogen) atoms. The molecule has 3 heteroatoms. The van der Waals surface area contributed by atoms with E-state index in [-0.39, 0.29) is 5.83 Å². The van der Waals surface area contributed by atoms with Crippen molar-refractivity contribution in [2.75, 3.05) is 6.54 Å². The standard InChI is InChI=1S/C9H17FNP/c1-3-5-8(6-7-11-12)9(10)4-2/h4-5,11H,3,6-7,12H2,1-2H3/b8-5-,9-4+. The van der Waals surface area contributed by atoms with E-state index in [4.69, 9.17) is 0 Å². The predicted octanol–water partition coefficient (Wildman–Crippen LogP) is 2.97. The van der Waals surface area contributed by atoms with Crippen molar-refractivity contribution in [1.82, 2.24) is 5.09 Å². The number of hydrogen-bond donors (Lipinski definition) is 1. The van der Waals surface area contributed by atoms with E-state index >= 15 is 0 Å². The van der Waals surface area contributed by atoms with E-state index in [1.807, 2.05) is 13.0 Å². The molecule has 0 spiro atoms. The number of allylic oxidation sites excluding steroid dienone is 3. The predicted molar refractivity (Wildman–Crippen MR) is 55.6 cm³/mol. The average Bonchev–Trinajstić information content (AvgIpc) is 2.11. The van der Waals surface area contributed by atoms with Crippen LogP contribution in [0.15, 0.2) is 23.6 Å². The third-order valence-electron chi connectivity index (χ3n) is 1.55. The molecule has 0 bridgehead atoms. The summed E-state index contributed by atoms with van der Waals surface area (Å²) in [6.07, 6.45) is 5.06. The van der Waals surface area contributed by atoms with Gasteiger partial charge in [-0.25, -0.2) is 4.39 Å². The van der Waals surface area contributed by atoms with E-state index in [2.05, 4.69) is 14.5 Å². The van der Waals surface area contributed by atoms with Crippen LogP contribution in [0.25, 0.3) is 0 Å². The maximum absolute atomic E-state index is 13.1. The van der Waals surface area contributed by atoms with Crippen LogP contribution in [-0.4, -0.2) is 6.54 Å². The smallest absolute Gasteiger partial charge is 0.121 e. The van der Waals surface area contributed by atoms with Crippen LogP contribution in [0.2, 0.25) is 0 Å². The number of halogens is 1. The molecule has 0 aromatic carbocycles. The molecule has 0 rings (SSSR count). The van der Waals surface area contributed by atoms with Gasteiger partial charge in [-0.3, -0.25) is 0 Å². The Balaban J connectivity index is 4.14. The highest BCUT2D eigenvalue weighted by Gasteiger charge is 2.00.